The summed E-state index contributed by atoms with van der Waals surface area (Å²) in [5.74, 6) is 0.574. The van der Waals surface area contributed by atoms with E-state index in [1.165, 1.54) is 0 Å². The van der Waals surface area contributed by atoms with E-state index >= 15 is 0 Å². The monoisotopic (exact) mass is 262 g/mol. The van der Waals surface area contributed by atoms with Crippen molar-refractivity contribution in [2.24, 2.45) is 5.73 Å². The summed E-state index contributed by atoms with van der Waals surface area (Å²) >= 11 is 0. The molecule has 100 valence electrons. The molecule has 1 heterocycles. The Morgan fingerprint density at radius 3 is 2.95 bits per heavy atom. The van der Waals surface area contributed by atoms with E-state index in [1.807, 2.05) is 13.0 Å². The maximum atomic E-state index is 12.4. The molecule has 0 amide bonds. The number of hydrogen-bond donors (Lipinski definition) is 2. The van der Waals surface area contributed by atoms with Crippen LogP contribution in [0.15, 0.2) is 41.0 Å². The third kappa shape index (κ3) is 3.00. The van der Waals surface area contributed by atoms with Crippen LogP contribution in [0.4, 0.5) is 4.39 Å². The zero-order chi connectivity index (χ0) is 13.8. The van der Waals surface area contributed by atoms with E-state index in [-0.39, 0.29) is 18.7 Å². The summed E-state index contributed by atoms with van der Waals surface area (Å²) < 4.78 is 17.8. The normalized spacial score (nSPS) is 11.8. The van der Waals surface area contributed by atoms with Crippen LogP contribution in [0.25, 0.3) is 10.8 Å². The molecular weight excluding hydrogens is 247 g/mol. The smallest absolute Gasteiger partial charge is 0.256 e. The van der Waals surface area contributed by atoms with Crippen LogP contribution in [0.3, 0.4) is 0 Å². The second-order valence-corrected chi connectivity index (χ2v) is 4.29. The lowest BCUT2D eigenvalue weighted by Gasteiger charge is -2.08. The van der Waals surface area contributed by atoms with Gasteiger partial charge in [-0.25, -0.2) is 4.39 Å². The predicted molar refractivity (Wildman–Crippen MR) is 73.0 cm³/mol. The van der Waals surface area contributed by atoms with Gasteiger partial charge in [-0.2, -0.15) is 0 Å². The molecule has 0 saturated heterocycles. The molecule has 0 bridgehead atoms. The molecule has 2 rings (SSSR count). The van der Waals surface area contributed by atoms with Crippen molar-refractivity contribution in [3.63, 3.8) is 0 Å². The van der Waals surface area contributed by atoms with Gasteiger partial charge < -0.3 is 15.5 Å². The van der Waals surface area contributed by atoms with Gasteiger partial charge in [-0.1, -0.05) is 0 Å². The van der Waals surface area contributed by atoms with Crippen LogP contribution in [-0.2, 0) is 0 Å². The molecule has 0 unspecified atom stereocenters. The van der Waals surface area contributed by atoms with Gasteiger partial charge in [-0.05, 0) is 36.6 Å². The lowest BCUT2D eigenvalue weighted by molar-refractivity contribution is 0.348. The molecule has 4 nitrogen and oxygen atoms in total. The number of halogens is 1. The number of aromatic amines is 1. The van der Waals surface area contributed by atoms with Crippen molar-refractivity contribution in [2.45, 2.75) is 6.92 Å². The van der Waals surface area contributed by atoms with Gasteiger partial charge in [0.05, 0.1) is 6.33 Å². The van der Waals surface area contributed by atoms with Crippen molar-refractivity contribution >= 4 is 10.8 Å². The van der Waals surface area contributed by atoms with Crippen LogP contribution in [0, 0.1) is 6.92 Å². The predicted octanol–water partition coefficient (Wildman–Crippen LogP) is 2.03. The number of hydrogen-bond acceptors (Lipinski definition) is 3. The summed E-state index contributed by atoms with van der Waals surface area (Å²) in [4.78, 5) is 14.4. The highest BCUT2D eigenvalue weighted by atomic mass is 19.1. The quantitative estimate of drug-likeness (QED) is 0.885. The second-order valence-electron chi connectivity index (χ2n) is 4.29. The first-order chi connectivity index (χ1) is 9.13. The first-order valence-electron chi connectivity index (χ1n) is 5.88. The number of aromatic nitrogens is 1. The lowest BCUT2D eigenvalue weighted by Crippen LogP contribution is -2.11. The van der Waals surface area contributed by atoms with Crippen LogP contribution < -0.4 is 16.0 Å². The summed E-state index contributed by atoms with van der Waals surface area (Å²) in [6, 6.07) is 6.98. The number of pyridine rings is 1. The van der Waals surface area contributed by atoms with Gasteiger partial charge in [0.2, 0.25) is 0 Å². The number of rotatable bonds is 4. The van der Waals surface area contributed by atoms with E-state index in [1.54, 1.807) is 18.2 Å². The minimum Gasteiger partial charge on any atom is -0.489 e. The fourth-order valence-corrected chi connectivity index (χ4v) is 1.78. The van der Waals surface area contributed by atoms with E-state index in [9.17, 15) is 9.18 Å². The number of H-pyrrole nitrogens is 1. The largest absolute Gasteiger partial charge is 0.489 e. The van der Waals surface area contributed by atoms with Crippen LogP contribution in [0.5, 0.6) is 5.75 Å². The molecule has 0 radical (unpaired) electrons. The maximum absolute atomic E-state index is 12.4. The SMILES string of the molecule is Cc1cc2cc(OC/C(=C/F)CN)ccc2c(=O)[nH]1. The number of ether oxygens (including phenoxy) is 1. The fraction of sp³-hybridized carbons (Fsp3) is 0.214. The molecule has 0 atom stereocenters. The average Bonchev–Trinajstić information content (AvgIpc) is 2.39. The summed E-state index contributed by atoms with van der Waals surface area (Å²) in [6.45, 7) is 2.02. The van der Waals surface area contributed by atoms with Gasteiger partial charge in [-0.3, -0.25) is 4.79 Å². The van der Waals surface area contributed by atoms with E-state index < -0.39 is 0 Å². The van der Waals surface area contributed by atoms with Gasteiger partial charge in [0, 0.05) is 23.2 Å². The Morgan fingerprint density at radius 2 is 2.26 bits per heavy atom. The van der Waals surface area contributed by atoms with Crippen molar-refractivity contribution in [3.05, 3.63) is 52.2 Å². The third-order valence-electron chi connectivity index (χ3n) is 2.79. The van der Waals surface area contributed by atoms with Crippen LogP contribution in [-0.4, -0.2) is 18.1 Å². The molecule has 0 spiro atoms. The number of nitrogens with two attached hydrogens (primary N) is 1. The average molecular weight is 262 g/mol. The third-order valence-corrected chi connectivity index (χ3v) is 2.79. The Bertz CT molecular complexity index is 677. The molecule has 2 aromatic rings. The van der Waals surface area contributed by atoms with Gasteiger partial charge >= 0.3 is 0 Å². The number of nitrogens with one attached hydrogen (secondary N) is 1. The van der Waals surface area contributed by atoms with Gasteiger partial charge in [0.1, 0.15) is 12.4 Å². The zero-order valence-electron chi connectivity index (χ0n) is 10.6. The molecule has 0 aliphatic heterocycles. The summed E-state index contributed by atoms with van der Waals surface area (Å²) in [5.41, 5.74) is 6.37. The second kappa shape index (κ2) is 5.67. The molecule has 19 heavy (non-hydrogen) atoms. The van der Waals surface area contributed by atoms with E-state index in [4.69, 9.17) is 10.5 Å². The maximum Gasteiger partial charge on any atom is 0.256 e. The Kier molecular flexibility index (Phi) is 3.97. The zero-order valence-corrected chi connectivity index (χ0v) is 10.6. The Balaban J connectivity index is 2.29. The number of aryl methyl sites for hydroxylation is 1. The van der Waals surface area contributed by atoms with Gasteiger partial charge in [0.15, 0.2) is 0 Å². The van der Waals surface area contributed by atoms with Crippen molar-refractivity contribution in [1.29, 1.82) is 0 Å². The minimum atomic E-state index is -0.132. The van der Waals surface area contributed by atoms with Crippen molar-refractivity contribution < 1.29 is 9.13 Å². The minimum absolute atomic E-state index is 0.0979. The highest BCUT2D eigenvalue weighted by Crippen LogP contribution is 2.19. The number of benzene rings is 1. The lowest BCUT2D eigenvalue weighted by atomic mass is 10.1. The summed E-state index contributed by atoms with van der Waals surface area (Å²) in [5, 5.41) is 1.38. The molecule has 0 aliphatic rings. The number of fused-ring (bicyclic) bond motifs is 1. The van der Waals surface area contributed by atoms with Crippen LogP contribution in [0.1, 0.15) is 5.69 Å². The van der Waals surface area contributed by atoms with E-state index in [0.29, 0.717) is 23.0 Å². The standard InChI is InChI=1S/C14H15FN2O2/c1-9-4-11-5-12(19-8-10(6-15)7-16)2-3-13(11)14(18)17-9/h2-6H,7-8,16H2,1H3,(H,17,18)/b10-6+. The van der Waals surface area contributed by atoms with Crippen LogP contribution >= 0.6 is 0 Å². The van der Waals surface area contributed by atoms with E-state index in [2.05, 4.69) is 4.98 Å². The first-order valence-corrected chi connectivity index (χ1v) is 5.88. The molecule has 0 saturated carbocycles. The van der Waals surface area contributed by atoms with Gasteiger partial charge in [-0.15, -0.1) is 0 Å². The molecule has 1 aromatic heterocycles. The Labute approximate surface area is 109 Å². The highest BCUT2D eigenvalue weighted by Gasteiger charge is 2.03. The molecule has 0 fully saturated rings. The summed E-state index contributed by atoms with van der Waals surface area (Å²) in [6.07, 6.45) is 0.454. The molecule has 5 heteroatoms. The fourth-order valence-electron chi connectivity index (χ4n) is 1.78. The molecule has 0 aliphatic carbocycles. The Hall–Kier alpha value is -2.14. The van der Waals surface area contributed by atoms with Crippen LogP contribution in [0.2, 0.25) is 0 Å². The molecular formula is C14H15FN2O2. The van der Waals surface area contributed by atoms with Gasteiger partial charge in [0.25, 0.3) is 5.56 Å². The first kappa shape index (κ1) is 13.3. The summed E-state index contributed by atoms with van der Waals surface area (Å²) in [7, 11) is 0. The van der Waals surface area contributed by atoms with Crippen molar-refractivity contribution in [3.8, 4) is 5.75 Å². The van der Waals surface area contributed by atoms with E-state index in [0.717, 1.165) is 11.1 Å². The Morgan fingerprint density at radius 1 is 1.47 bits per heavy atom. The van der Waals surface area contributed by atoms with Crippen molar-refractivity contribution in [1.82, 2.24) is 4.98 Å². The molecule has 3 N–H and O–H groups in total. The topological polar surface area (TPSA) is 68.1 Å². The molecule has 1 aromatic carbocycles. The van der Waals surface area contributed by atoms with Crippen molar-refractivity contribution in [2.75, 3.05) is 13.2 Å². The highest BCUT2D eigenvalue weighted by molar-refractivity contribution is 5.83.